The van der Waals surface area contributed by atoms with Crippen molar-refractivity contribution in [3.63, 3.8) is 0 Å². The summed E-state index contributed by atoms with van der Waals surface area (Å²) < 4.78 is 5.62. The Kier molecular flexibility index (Phi) is 4.15. The fourth-order valence-electron chi connectivity index (χ4n) is 1.68. The zero-order valence-corrected chi connectivity index (χ0v) is 11.3. The van der Waals surface area contributed by atoms with Crippen LogP contribution in [0, 0.1) is 17.2 Å². The van der Waals surface area contributed by atoms with Gasteiger partial charge in [-0.05, 0) is 5.92 Å². The second-order valence-corrected chi connectivity index (χ2v) is 4.65. The van der Waals surface area contributed by atoms with Gasteiger partial charge in [-0.25, -0.2) is 9.97 Å². The molecule has 2 heterocycles. The Labute approximate surface area is 116 Å². The van der Waals surface area contributed by atoms with Crippen molar-refractivity contribution < 1.29 is 9.53 Å². The number of carbonyl (C=O) groups excluding carboxylic acids is 1. The molecule has 0 atom stereocenters. The van der Waals surface area contributed by atoms with Gasteiger partial charge in [0.2, 0.25) is 5.88 Å². The Bertz CT molecular complexity index is 656. The van der Waals surface area contributed by atoms with Crippen molar-refractivity contribution in [3.8, 4) is 11.9 Å². The molecule has 2 rings (SSSR count). The Morgan fingerprint density at radius 2 is 2.35 bits per heavy atom. The molecule has 0 aromatic carbocycles. The monoisotopic (exact) mass is 273 g/mol. The molecule has 20 heavy (non-hydrogen) atoms. The summed E-state index contributed by atoms with van der Waals surface area (Å²) in [6.07, 6.45) is 2.92. The van der Waals surface area contributed by atoms with Crippen LogP contribution < -0.4 is 10.1 Å². The van der Waals surface area contributed by atoms with E-state index < -0.39 is 0 Å². The molecule has 0 aliphatic heterocycles. The van der Waals surface area contributed by atoms with Crippen LogP contribution in [-0.4, -0.2) is 34.0 Å². The zero-order valence-electron chi connectivity index (χ0n) is 11.3. The van der Waals surface area contributed by atoms with Crippen molar-refractivity contribution in [2.45, 2.75) is 13.8 Å². The Balaban J connectivity index is 2.36. The number of aromatic nitrogens is 3. The van der Waals surface area contributed by atoms with E-state index in [0.717, 1.165) is 0 Å². The van der Waals surface area contributed by atoms with E-state index in [1.54, 1.807) is 0 Å². The molecular weight excluding hydrogens is 258 g/mol. The number of hydrogen-bond acceptors (Lipinski definition) is 5. The Morgan fingerprint density at radius 3 is 3.05 bits per heavy atom. The topological polar surface area (TPSA) is 104 Å². The first kappa shape index (κ1) is 13.8. The van der Waals surface area contributed by atoms with Crippen LogP contribution in [0.4, 0.5) is 0 Å². The van der Waals surface area contributed by atoms with Crippen LogP contribution in [0.15, 0.2) is 12.5 Å². The first-order valence-electron chi connectivity index (χ1n) is 6.23. The summed E-state index contributed by atoms with van der Waals surface area (Å²) >= 11 is 0. The van der Waals surface area contributed by atoms with E-state index in [1.807, 2.05) is 19.9 Å². The van der Waals surface area contributed by atoms with Gasteiger partial charge in [0.15, 0.2) is 0 Å². The summed E-state index contributed by atoms with van der Waals surface area (Å²) in [4.78, 5) is 23.0. The molecule has 0 saturated carbocycles. The predicted octanol–water partition coefficient (Wildman–Crippen LogP) is 1.25. The van der Waals surface area contributed by atoms with Crippen molar-refractivity contribution >= 4 is 16.9 Å². The molecule has 2 aromatic rings. The molecule has 0 bridgehead atoms. The molecule has 0 saturated heterocycles. The van der Waals surface area contributed by atoms with Crippen molar-refractivity contribution in [1.82, 2.24) is 20.3 Å². The minimum Gasteiger partial charge on any atom is -0.477 e. The third-order valence-electron chi connectivity index (χ3n) is 2.56. The number of carbonyl (C=O) groups is 1. The molecule has 0 aliphatic rings. The number of ether oxygens (including phenoxy) is 1. The van der Waals surface area contributed by atoms with Crippen LogP contribution in [0.5, 0.6) is 5.88 Å². The third-order valence-corrected chi connectivity index (χ3v) is 2.56. The van der Waals surface area contributed by atoms with E-state index in [1.165, 1.54) is 12.5 Å². The highest BCUT2D eigenvalue weighted by Crippen LogP contribution is 2.25. The average Bonchev–Trinajstić information content (AvgIpc) is 2.87. The molecule has 0 aliphatic carbocycles. The van der Waals surface area contributed by atoms with E-state index >= 15 is 0 Å². The molecule has 1 amide bonds. The van der Waals surface area contributed by atoms with E-state index in [9.17, 15) is 4.79 Å². The van der Waals surface area contributed by atoms with E-state index in [0.29, 0.717) is 35.0 Å². The predicted molar refractivity (Wildman–Crippen MR) is 72.2 cm³/mol. The Hall–Kier alpha value is -2.62. The largest absolute Gasteiger partial charge is 0.477 e. The van der Waals surface area contributed by atoms with Gasteiger partial charge in [0.1, 0.15) is 18.5 Å². The maximum atomic E-state index is 12.0. The highest BCUT2D eigenvalue weighted by Gasteiger charge is 2.17. The minimum absolute atomic E-state index is 0.0542. The molecule has 7 nitrogen and oxygen atoms in total. The quantitative estimate of drug-likeness (QED) is 0.798. The molecule has 2 aromatic heterocycles. The standard InChI is InChI=1S/C13H15N5O2/c1-8(2)6-20-13-10-9(12(19)15-4-3-14)5-16-11(10)17-7-18-13/h5,7-8H,4,6H2,1-2H3,(H,15,19)(H,16,17,18). The number of nitrogens with one attached hydrogen (secondary N) is 2. The van der Waals surface area contributed by atoms with Crippen LogP contribution in [0.3, 0.4) is 0 Å². The number of nitriles is 1. The van der Waals surface area contributed by atoms with E-state index in [4.69, 9.17) is 10.00 Å². The van der Waals surface area contributed by atoms with Gasteiger partial charge in [-0.1, -0.05) is 13.8 Å². The summed E-state index contributed by atoms with van der Waals surface area (Å²) in [7, 11) is 0. The average molecular weight is 273 g/mol. The summed E-state index contributed by atoms with van der Waals surface area (Å²) in [6.45, 7) is 4.49. The van der Waals surface area contributed by atoms with Gasteiger partial charge in [0.05, 0.1) is 23.6 Å². The molecule has 0 unspecified atom stereocenters. The molecular formula is C13H15N5O2. The van der Waals surface area contributed by atoms with Gasteiger partial charge in [-0.3, -0.25) is 4.79 Å². The summed E-state index contributed by atoms with van der Waals surface area (Å²) in [5.74, 6) is 0.351. The molecule has 104 valence electrons. The maximum absolute atomic E-state index is 12.0. The van der Waals surface area contributed by atoms with Crippen LogP contribution in [0.1, 0.15) is 24.2 Å². The maximum Gasteiger partial charge on any atom is 0.254 e. The first-order chi connectivity index (χ1) is 9.63. The van der Waals surface area contributed by atoms with Crippen LogP contribution >= 0.6 is 0 Å². The number of fused-ring (bicyclic) bond motifs is 1. The van der Waals surface area contributed by atoms with Crippen molar-refractivity contribution in [3.05, 3.63) is 18.1 Å². The zero-order chi connectivity index (χ0) is 14.5. The minimum atomic E-state index is -0.359. The molecule has 0 spiro atoms. The van der Waals surface area contributed by atoms with Gasteiger partial charge >= 0.3 is 0 Å². The van der Waals surface area contributed by atoms with Crippen LogP contribution in [0.2, 0.25) is 0 Å². The highest BCUT2D eigenvalue weighted by atomic mass is 16.5. The third kappa shape index (κ3) is 2.85. The van der Waals surface area contributed by atoms with Crippen LogP contribution in [0.25, 0.3) is 11.0 Å². The van der Waals surface area contributed by atoms with Crippen molar-refractivity contribution in [2.75, 3.05) is 13.2 Å². The van der Waals surface area contributed by atoms with Gasteiger partial charge in [0.25, 0.3) is 5.91 Å². The van der Waals surface area contributed by atoms with Gasteiger partial charge in [-0.2, -0.15) is 5.26 Å². The van der Waals surface area contributed by atoms with Gasteiger partial charge in [0, 0.05) is 6.20 Å². The summed E-state index contributed by atoms with van der Waals surface area (Å²) in [5, 5.41) is 11.5. The molecule has 0 fully saturated rings. The summed E-state index contributed by atoms with van der Waals surface area (Å²) in [5.41, 5.74) is 0.899. The SMILES string of the molecule is CC(C)COc1ncnc2[nH]cc(C(=O)NCC#N)c12. The number of aromatic amines is 1. The number of hydrogen-bond donors (Lipinski definition) is 2. The van der Waals surface area contributed by atoms with E-state index in [-0.39, 0.29) is 12.5 Å². The van der Waals surface area contributed by atoms with E-state index in [2.05, 4.69) is 20.3 Å². The second-order valence-electron chi connectivity index (χ2n) is 4.65. The second kappa shape index (κ2) is 6.02. The Morgan fingerprint density at radius 1 is 1.55 bits per heavy atom. The lowest BCUT2D eigenvalue weighted by Gasteiger charge is -2.09. The number of nitrogens with zero attached hydrogens (tertiary/aromatic N) is 3. The molecule has 0 radical (unpaired) electrons. The fraction of sp³-hybridized carbons (Fsp3) is 0.385. The normalized spacial score (nSPS) is 10.5. The number of amides is 1. The molecule has 2 N–H and O–H groups in total. The summed E-state index contributed by atoms with van der Waals surface area (Å²) in [6, 6.07) is 1.86. The van der Waals surface area contributed by atoms with Crippen LogP contribution in [-0.2, 0) is 0 Å². The van der Waals surface area contributed by atoms with Gasteiger partial charge < -0.3 is 15.0 Å². The molecule has 7 heteroatoms. The fourth-order valence-corrected chi connectivity index (χ4v) is 1.68. The number of rotatable bonds is 5. The highest BCUT2D eigenvalue weighted by molar-refractivity contribution is 6.07. The lowest BCUT2D eigenvalue weighted by atomic mass is 10.2. The number of H-pyrrole nitrogens is 1. The lowest BCUT2D eigenvalue weighted by Crippen LogP contribution is -2.23. The van der Waals surface area contributed by atoms with Crippen molar-refractivity contribution in [1.29, 1.82) is 5.26 Å². The smallest absolute Gasteiger partial charge is 0.254 e. The van der Waals surface area contributed by atoms with Gasteiger partial charge in [-0.15, -0.1) is 0 Å². The first-order valence-corrected chi connectivity index (χ1v) is 6.23. The lowest BCUT2D eigenvalue weighted by molar-refractivity contribution is 0.0960. The van der Waals surface area contributed by atoms with Crippen molar-refractivity contribution in [2.24, 2.45) is 5.92 Å².